The Bertz CT molecular complexity index is 292. The molecule has 0 bridgehead atoms. The smallest absolute Gasteiger partial charge is 0.223 e. The van der Waals surface area contributed by atoms with E-state index < -0.39 is 0 Å². The van der Waals surface area contributed by atoms with Crippen LogP contribution < -0.4 is 16.0 Å². The zero-order valence-electron chi connectivity index (χ0n) is 11.6. The van der Waals surface area contributed by atoms with Crippen molar-refractivity contribution in [1.29, 1.82) is 0 Å². The Kier molecular flexibility index (Phi) is 6.12. The van der Waals surface area contributed by atoms with E-state index in [1.54, 1.807) is 0 Å². The molecule has 0 aromatic heterocycles. The quantitative estimate of drug-likeness (QED) is 0.666. The van der Waals surface area contributed by atoms with Gasteiger partial charge in [0.2, 0.25) is 11.8 Å². The molecule has 0 radical (unpaired) electrons. The van der Waals surface area contributed by atoms with Gasteiger partial charge in [-0.2, -0.15) is 0 Å². The molecule has 1 aliphatic heterocycles. The van der Waals surface area contributed by atoms with Crippen molar-refractivity contribution in [3.05, 3.63) is 0 Å². The summed E-state index contributed by atoms with van der Waals surface area (Å²) in [6, 6.07) is 0.553. The van der Waals surface area contributed by atoms with E-state index >= 15 is 0 Å². The average Bonchev–Trinajstić information content (AvgIpc) is 2.27. The van der Waals surface area contributed by atoms with Gasteiger partial charge >= 0.3 is 0 Å². The van der Waals surface area contributed by atoms with Crippen molar-refractivity contribution >= 4 is 11.8 Å². The summed E-state index contributed by atoms with van der Waals surface area (Å²) in [5.74, 6) is 0.166. The average molecular weight is 255 g/mol. The van der Waals surface area contributed by atoms with Gasteiger partial charge in [0.25, 0.3) is 0 Å². The summed E-state index contributed by atoms with van der Waals surface area (Å²) in [6.07, 6.45) is 2.11. The van der Waals surface area contributed by atoms with E-state index in [9.17, 15) is 9.59 Å². The van der Waals surface area contributed by atoms with Gasteiger partial charge in [0.05, 0.1) is 0 Å². The molecule has 2 atom stereocenters. The molecule has 1 aliphatic rings. The standard InChI is InChI=1S/C13H25N3O2/c1-9(2)16-12(17)5-7-15-13(18)11-4-6-14-10(3)8-11/h9-11,14H,4-8H2,1-3H3,(H,15,18)(H,16,17)/t10-,11-/m0/s1. The number of carbonyl (C=O) groups is 2. The number of rotatable bonds is 5. The molecule has 1 heterocycles. The van der Waals surface area contributed by atoms with Crippen molar-refractivity contribution < 1.29 is 9.59 Å². The SMILES string of the molecule is CC(C)NC(=O)CCNC(=O)[C@H]1CCN[C@@H](C)C1. The number of carbonyl (C=O) groups excluding carboxylic acids is 2. The highest BCUT2D eigenvalue weighted by atomic mass is 16.2. The van der Waals surface area contributed by atoms with E-state index in [4.69, 9.17) is 0 Å². The second-order valence-electron chi connectivity index (χ2n) is 5.34. The van der Waals surface area contributed by atoms with Gasteiger partial charge in [-0.1, -0.05) is 0 Å². The topological polar surface area (TPSA) is 70.2 Å². The molecule has 104 valence electrons. The predicted octanol–water partition coefficient (Wildman–Crippen LogP) is 0.405. The summed E-state index contributed by atoms with van der Waals surface area (Å²) in [7, 11) is 0. The van der Waals surface area contributed by atoms with Gasteiger partial charge in [0.1, 0.15) is 0 Å². The number of nitrogens with one attached hydrogen (secondary N) is 3. The fourth-order valence-corrected chi connectivity index (χ4v) is 2.21. The Hall–Kier alpha value is -1.10. The van der Waals surface area contributed by atoms with Crippen molar-refractivity contribution in [1.82, 2.24) is 16.0 Å². The van der Waals surface area contributed by atoms with Gasteiger partial charge in [-0.3, -0.25) is 9.59 Å². The molecule has 5 heteroatoms. The third kappa shape index (κ3) is 5.49. The zero-order valence-corrected chi connectivity index (χ0v) is 11.6. The van der Waals surface area contributed by atoms with Gasteiger partial charge in [-0.05, 0) is 40.2 Å². The normalized spacial score (nSPS) is 23.8. The van der Waals surface area contributed by atoms with Gasteiger partial charge in [0.15, 0.2) is 0 Å². The molecule has 5 nitrogen and oxygen atoms in total. The Morgan fingerprint density at radius 2 is 2.11 bits per heavy atom. The number of piperidine rings is 1. The lowest BCUT2D eigenvalue weighted by Gasteiger charge is -2.27. The van der Waals surface area contributed by atoms with Gasteiger partial charge in [-0.25, -0.2) is 0 Å². The number of hydrogen-bond acceptors (Lipinski definition) is 3. The maximum absolute atomic E-state index is 11.9. The Morgan fingerprint density at radius 1 is 1.39 bits per heavy atom. The van der Waals surface area contributed by atoms with E-state index in [2.05, 4.69) is 22.9 Å². The van der Waals surface area contributed by atoms with Crippen LogP contribution in [-0.2, 0) is 9.59 Å². The van der Waals surface area contributed by atoms with E-state index in [-0.39, 0.29) is 23.8 Å². The molecule has 0 aromatic rings. The van der Waals surface area contributed by atoms with E-state index in [0.29, 0.717) is 19.0 Å². The minimum absolute atomic E-state index is 0.0102. The van der Waals surface area contributed by atoms with Crippen molar-refractivity contribution in [2.45, 2.75) is 52.1 Å². The first-order valence-corrected chi connectivity index (χ1v) is 6.79. The lowest BCUT2D eigenvalue weighted by molar-refractivity contribution is -0.126. The highest BCUT2D eigenvalue weighted by Gasteiger charge is 2.24. The van der Waals surface area contributed by atoms with Gasteiger partial charge in [0, 0.05) is 31.0 Å². The first-order valence-electron chi connectivity index (χ1n) is 6.79. The summed E-state index contributed by atoms with van der Waals surface area (Å²) in [6.45, 7) is 7.26. The molecule has 0 aliphatic carbocycles. The van der Waals surface area contributed by atoms with Crippen molar-refractivity contribution in [3.63, 3.8) is 0 Å². The van der Waals surface area contributed by atoms with Gasteiger partial charge < -0.3 is 16.0 Å². The molecular formula is C13H25N3O2. The van der Waals surface area contributed by atoms with E-state index in [1.165, 1.54) is 0 Å². The van der Waals surface area contributed by atoms with Crippen molar-refractivity contribution in [2.75, 3.05) is 13.1 Å². The molecule has 1 saturated heterocycles. The number of amides is 2. The molecule has 3 N–H and O–H groups in total. The lowest BCUT2D eigenvalue weighted by atomic mass is 9.92. The summed E-state index contributed by atoms with van der Waals surface area (Å²) >= 11 is 0. The molecule has 0 spiro atoms. The maximum Gasteiger partial charge on any atom is 0.223 e. The molecule has 1 fully saturated rings. The lowest BCUT2D eigenvalue weighted by Crippen LogP contribution is -2.43. The van der Waals surface area contributed by atoms with E-state index in [1.807, 2.05) is 13.8 Å². The predicted molar refractivity (Wildman–Crippen MR) is 71.1 cm³/mol. The highest BCUT2D eigenvalue weighted by Crippen LogP contribution is 2.15. The van der Waals surface area contributed by atoms with Gasteiger partial charge in [-0.15, -0.1) is 0 Å². The Balaban J connectivity index is 2.18. The third-order valence-electron chi connectivity index (χ3n) is 3.10. The van der Waals surface area contributed by atoms with Crippen LogP contribution in [0.15, 0.2) is 0 Å². The molecule has 0 unspecified atom stereocenters. The van der Waals surface area contributed by atoms with Crippen LogP contribution in [0.25, 0.3) is 0 Å². The molecule has 0 aromatic carbocycles. The Labute approximate surface area is 109 Å². The van der Waals surface area contributed by atoms with Crippen LogP contribution in [0.1, 0.15) is 40.0 Å². The summed E-state index contributed by atoms with van der Waals surface area (Å²) in [5, 5.41) is 8.97. The van der Waals surface area contributed by atoms with Crippen LogP contribution in [0, 0.1) is 5.92 Å². The summed E-state index contributed by atoms with van der Waals surface area (Å²) in [5.41, 5.74) is 0. The summed E-state index contributed by atoms with van der Waals surface area (Å²) < 4.78 is 0. The van der Waals surface area contributed by atoms with Crippen LogP contribution in [0.2, 0.25) is 0 Å². The van der Waals surface area contributed by atoms with Crippen LogP contribution >= 0.6 is 0 Å². The van der Waals surface area contributed by atoms with Crippen LogP contribution in [0.5, 0.6) is 0 Å². The fraction of sp³-hybridized carbons (Fsp3) is 0.846. The number of hydrogen-bond donors (Lipinski definition) is 3. The van der Waals surface area contributed by atoms with Crippen LogP contribution in [-0.4, -0.2) is 37.0 Å². The first kappa shape index (κ1) is 15.0. The second kappa shape index (κ2) is 7.36. The third-order valence-corrected chi connectivity index (χ3v) is 3.10. The molecular weight excluding hydrogens is 230 g/mol. The van der Waals surface area contributed by atoms with Crippen molar-refractivity contribution in [2.24, 2.45) is 5.92 Å². The minimum Gasteiger partial charge on any atom is -0.355 e. The largest absolute Gasteiger partial charge is 0.355 e. The first-order chi connectivity index (χ1) is 8.49. The molecule has 0 saturated carbocycles. The second-order valence-corrected chi connectivity index (χ2v) is 5.34. The zero-order chi connectivity index (χ0) is 13.5. The molecule has 2 amide bonds. The van der Waals surface area contributed by atoms with Crippen LogP contribution in [0.3, 0.4) is 0 Å². The van der Waals surface area contributed by atoms with Crippen molar-refractivity contribution in [3.8, 4) is 0 Å². The molecule has 18 heavy (non-hydrogen) atoms. The van der Waals surface area contributed by atoms with Crippen LogP contribution in [0.4, 0.5) is 0 Å². The minimum atomic E-state index is -0.0102. The van der Waals surface area contributed by atoms with E-state index in [0.717, 1.165) is 19.4 Å². The Morgan fingerprint density at radius 3 is 2.72 bits per heavy atom. The molecule has 1 rings (SSSR count). The fourth-order valence-electron chi connectivity index (χ4n) is 2.21. The monoisotopic (exact) mass is 255 g/mol. The highest BCUT2D eigenvalue weighted by molar-refractivity contribution is 5.80. The maximum atomic E-state index is 11.9. The summed E-state index contributed by atoms with van der Waals surface area (Å²) in [4.78, 5) is 23.3.